The molecule has 1 aromatic heterocycles. The summed E-state index contributed by atoms with van der Waals surface area (Å²) in [7, 11) is 3.16. The van der Waals surface area contributed by atoms with E-state index < -0.39 is 0 Å². The predicted octanol–water partition coefficient (Wildman–Crippen LogP) is 1.15. The molecule has 0 aromatic carbocycles. The molecule has 4 nitrogen and oxygen atoms in total. The molecule has 0 atom stereocenters. The molecule has 0 fully saturated rings. The Morgan fingerprint density at radius 2 is 2.43 bits per heavy atom. The zero-order valence-corrected chi connectivity index (χ0v) is 8.76. The second-order valence-electron chi connectivity index (χ2n) is 2.66. The lowest BCUT2D eigenvalue weighted by Crippen LogP contribution is -2.19. The average molecular weight is 215 g/mol. The molecule has 1 rings (SSSR count). The van der Waals surface area contributed by atoms with Crippen molar-refractivity contribution in [3.63, 3.8) is 0 Å². The summed E-state index contributed by atoms with van der Waals surface area (Å²) in [6.45, 7) is 0.235. The number of aromatic nitrogens is 1. The highest BCUT2D eigenvalue weighted by atomic mass is 35.5. The number of ketones is 1. The molecule has 0 bridgehead atoms. The van der Waals surface area contributed by atoms with E-state index in [9.17, 15) is 4.79 Å². The molecule has 76 valence electrons. The Balaban J connectivity index is 3.03. The van der Waals surface area contributed by atoms with Gasteiger partial charge in [-0.2, -0.15) is 0 Å². The van der Waals surface area contributed by atoms with Crippen molar-refractivity contribution in [3.05, 3.63) is 22.8 Å². The highest BCUT2D eigenvalue weighted by molar-refractivity contribution is 6.30. The Kier molecular flexibility index (Phi) is 3.85. The standard InChI is InChI=1S/C9H11ClN2O2/c1-11-5-8(13)7-3-6(10)4-12-9(7)14-2/h3-4,11H,5H2,1-2H3. The number of Topliss-reactive ketones (excluding diaryl/α,β-unsaturated/α-hetero) is 1. The third-order valence-corrected chi connectivity index (χ3v) is 1.86. The number of likely N-dealkylation sites (N-methyl/N-ethyl adjacent to an activating group) is 1. The summed E-state index contributed by atoms with van der Waals surface area (Å²) < 4.78 is 4.95. The summed E-state index contributed by atoms with van der Waals surface area (Å²) in [5.41, 5.74) is 0.398. The zero-order chi connectivity index (χ0) is 10.6. The van der Waals surface area contributed by atoms with Gasteiger partial charge in [-0.15, -0.1) is 0 Å². The Hall–Kier alpha value is -1.13. The van der Waals surface area contributed by atoms with Crippen LogP contribution in [0, 0.1) is 0 Å². The topological polar surface area (TPSA) is 51.2 Å². The molecule has 0 aliphatic heterocycles. The van der Waals surface area contributed by atoms with E-state index in [0.717, 1.165) is 0 Å². The van der Waals surface area contributed by atoms with Crippen LogP contribution in [0.4, 0.5) is 0 Å². The van der Waals surface area contributed by atoms with E-state index in [1.165, 1.54) is 13.3 Å². The lowest BCUT2D eigenvalue weighted by atomic mass is 10.2. The monoisotopic (exact) mass is 214 g/mol. The Labute approximate surface area is 87.2 Å². The van der Waals surface area contributed by atoms with Gasteiger partial charge >= 0.3 is 0 Å². The zero-order valence-electron chi connectivity index (χ0n) is 8.00. The Morgan fingerprint density at radius 1 is 1.71 bits per heavy atom. The maximum atomic E-state index is 11.5. The minimum atomic E-state index is -0.0978. The average Bonchev–Trinajstić information content (AvgIpc) is 2.18. The number of methoxy groups -OCH3 is 1. The molecule has 0 radical (unpaired) electrons. The van der Waals surface area contributed by atoms with Gasteiger partial charge in [-0.3, -0.25) is 4.79 Å². The molecule has 1 aromatic rings. The van der Waals surface area contributed by atoms with Gasteiger partial charge in [0.05, 0.1) is 24.2 Å². The molecule has 0 saturated heterocycles. The van der Waals surface area contributed by atoms with Crippen molar-refractivity contribution in [2.75, 3.05) is 20.7 Å². The minimum absolute atomic E-state index is 0.0978. The molecular formula is C9H11ClN2O2. The van der Waals surface area contributed by atoms with Gasteiger partial charge in [0.1, 0.15) is 0 Å². The number of ether oxygens (including phenoxy) is 1. The van der Waals surface area contributed by atoms with E-state index in [1.54, 1.807) is 13.1 Å². The van der Waals surface area contributed by atoms with Gasteiger partial charge in [-0.05, 0) is 13.1 Å². The number of hydrogen-bond acceptors (Lipinski definition) is 4. The summed E-state index contributed by atoms with van der Waals surface area (Å²) in [4.78, 5) is 15.4. The number of pyridine rings is 1. The van der Waals surface area contributed by atoms with Crippen LogP contribution in [0.2, 0.25) is 5.02 Å². The highest BCUT2D eigenvalue weighted by Crippen LogP contribution is 2.19. The molecular weight excluding hydrogens is 204 g/mol. The van der Waals surface area contributed by atoms with E-state index in [0.29, 0.717) is 16.5 Å². The van der Waals surface area contributed by atoms with Gasteiger partial charge in [0.25, 0.3) is 0 Å². The van der Waals surface area contributed by atoms with Crippen LogP contribution in [0.15, 0.2) is 12.3 Å². The van der Waals surface area contributed by atoms with E-state index >= 15 is 0 Å². The fourth-order valence-electron chi connectivity index (χ4n) is 1.04. The van der Waals surface area contributed by atoms with E-state index in [4.69, 9.17) is 16.3 Å². The minimum Gasteiger partial charge on any atom is -0.480 e. The fourth-order valence-corrected chi connectivity index (χ4v) is 1.20. The first-order chi connectivity index (χ1) is 6.69. The second kappa shape index (κ2) is 4.93. The molecule has 5 heteroatoms. The number of carbonyl (C=O) groups is 1. The maximum Gasteiger partial charge on any atom is 0.224 e. The normalized spacial score (nSPS) is 9.93. The van der Waals surface area contributed by atoms with Crippen molar-refractivity contribution in [1.82, 2.24) is 10.3 Å². The largest absolute Gasteiger partial charge is 0.480 e. The smallest absolute Gasteiger partial charge is 0.224 e. The van der Waals surface area contributed by atoms with Crippen molar-refractivity contribution in [2.45, 2.75) is 0 Å². The summed E-state index contributed by atoms with van der Waals surface area (Å²) >= 11 is 5.73. The first kappa shape index (κ1) is 10.9. The van der Waals surface area contributed by atoms with Crippen molar-refractivity contribution >= 4 is 17.4 Å². The van der Waals surface area contributed by atoms with E-state index in [1.807, 2.05) is 0 Å². The molecule has 1 N–H and O–H groups in total. The highest BCUT2D eigenvalue weighted by Gasteiger charge is 2.12. The number of carbonyl (C=O) groups excluding carboxylic acids is 1. The number of nitrogens with zero attached hydrogens (tertiary/aromatic N) is 1. The van der Waals surface area contributed by atoms with Crippen LogP contribution in [-0.4, -0.2) is 31.5 Å². The van der Waals surface area contributed by atoms with Gasteiger partial charge in [-0.1, -0.05) is 11.6 Å². The molecule has 14 heavy (non-hydrogen) atoms. The third-order valence-electron chi connectivity index (χ3n) is 1.65. The number of rotatable bonds is 4. The predicted molar refractivity (Wildman–Crippen MR) is 54.1 cm³/mol. The van der Waals surface area contributed by atoms with Gasteiger partial charge in [0, 0.05) is 6.20 Å². The number of nitrogens with one attached hydrogen (secondary N) is 1. The van der Waals surface area contributed by atoms with Crippen molar-refractivity contribution < 1.29 is 9.53 Å². The van der Waals surface area contributed by atoms with Crippen LogP contribution in [0.3, 0.4) is 0 Å². The van der Waals surface area contributed by atoms with Crippen molar-refractivity contribution in [3.8, 4) is 5.88 Å². The first-order valence-corrected chi connectivity index (χ1v) is 4.44. The SMILES string of the molecule is CNCC(=O)c1cc(Cl)cnc1OC. The number of hydrogen-bond donors (Lipinski definition) is 1. The van der Waals surface area contributed by atoms with Crippen LogP contribution < -0.4 is 10.1 Å². The quantitative estimate of drug-likeness (QED) is 0.764. The van der Waals surface area contributed by atoms with E-state index in [-0.39, 0.29) is 12.3 Å². The molecule has 0 saturated carbocycles. The van der Waals surface area contributed by atoms with Crippen LogP contribution >= 0.6 is 11.6 Å². The molecule has 0 unspecified atom stereocenters. The first-order valence-electron chi connectivity index (χ1n) is 4.06. The van der Waals surface area contributed by atoms with Crippen LogP contribution in [0.5, 0.6) is 5.88 Å². The number of halogens is 1. The Bertz CT molecular complexity index is 342. The van der Waals surface area contributed by atoms with Crippen LogP contribution in [0.25, 0.3) is 0 Å². The third kappa shape index (κ3) is 2.43. The fraction of sp³-hybridized carbons (Fsp3) is 0.333. The van der Waals surface area contributed by atoms with Gasteiger partial charge < -0.3 is 10.1 Å². The second-order valence-corrected chi connectivity index (χ2v) is 3.10. The van der Waals surface area contributed by atoms with Crippen LogP contribution in [0.1, 0.15) is 10.4 Å². The van der Waals surface area contributed by atoms with Gasteiger partial charge in [0.2, 0.25) is 5.88 Å². The summed E-state index contributed by atoms with van der Waals surface area (Å²) in [5.74, 6) is 0.203. The van der Waals surface area contributed by atoms with Crippen molar-refractivity contribution in [1.29, 1.82) is 0 Å². The lowest BCUT2D eigenvalue weighted by molar-refractivity contribution is 0.0990. The molecule has 1 heterocycles. The summed E-state index contributed by atoms with van der Waals surface area (Å²) in [6.07, 6.45) is 1.44. The van der Waals surface area contributed by atoms with Crippen molar-refractivity contribution in [2.24, 2.45) is 0 Å². The summed E-state index contributed by atoms with van der Waals surface area (Å²) in [6, 6.07) is 1.55. The van der Waals surface area contributed by atoms with Crippen LogP contribution in [-0.2, 0) is 0 Å². The van der Waals surface area contributed by atoms with Gasteiger partial charge in [-0.25, -0.2) is 4.98 Å². The Morgan fingerprint density at radius 3 is 3.00 bits per heavy atom. The molecule has 0 amide bonds. The lowest BCUT2D eigenvalue weighted by Gasteiger charge is -2.05. The van der Waals surface area contributed by atoms with Gasteiger partial charge in [0.15, 0.2) is 5.78 Å². The molecule has 0 aliphatic rings. The molecule has 0 aliphatic carbocycles. The maximum absolute atomic E-state index is 11.5. The van der Waals surface area contributed by atoms with E-state index in [2.05, 4.69) is 10.3 Å². The summed E-state index contributed by atoms with van der Waals surface area (Å²) in [5, 5.41) is 3.18. The molecule has 0 spiro atoms.